The fourth-order valence-corrected chi connectivity index (χ4v) is 4.41. The molecule has 2 aliphatic heterocycles. The summed E-state index contributed by atoms with van der Waals surface area (Å²) >= 11 is 0. The van der Waals surface area contributed by atoms with E-state index in [1.54, 1.807) is 19.4 Å². The highest BCUT2D eigenvalue weighted by Crippen LogP contribution is 2.33. The fraction of sp³-hybridized carbons (Fsp3) is 0.684. The SMILES string of the molecule is COCC(=O)N1CCCCC[C@H]1C1CCN(c2ncccc2[N+](=O)[O-])CC1. The molecule has 0 aromatic carbocycles. The van der Waals surface area contributed by atoms with Crippen LogP contribution in [0.5, 0.6) is 0 Å². The Hall–Kier alpha value is -2.22. The molecule has 27 heavy (non-hydrogen) atoms. The second kappa shape index (κ2) is 9.12. The molecule has 0 spiro atoms. The molecule has 2 aliphatic rings. The number of piperidine rings is 1. The van der Waals surface area contributed by atoms with Gasteiger partial charge in [0.2, 0.25) is 11.7 Å². The first kappa shape index (κ1) is 19.5. The normalized spacial score (nSPS) is 21.7. The molecular weight excluding hydrogens is 348 g/mol. The zero-order chi connectivity index (χ0) is 19.2. The molecule has 1 atom stereocenters. The monoisotopic (exact) mass is 376 g/mol. The zero-order valence-corrected chi connectivity index (χ0v) is 15.9. The number of anilines is 1. The summed E-state index contributed by atoms with van der Waals surface area (Å²) in [5.41, 5.74) is 0.0577. The third-order valence-corrected chi connectivity index (χ3v) is 5.73. The Bertz CT molecular complexity index is 661. The third-order valence-electron chi connectivity index (χ3n) is 5.73. The molecule has 0 unspecified atom stereocenters. The number of carbonyl (C=O) groups excluding carboxylic acids is 1. The van der Waals surface area contributed by atoms with Crippen molar-refractivity contribution < 1.29 is 14.5 Å². The van der Waals surface area contributed by atoms with Crippen LogP contribution in [-0.4, -0.2) is 60.1 Å². The molecule has 0 saturated carbocycles. The van der Waals surface area contributed by atoms with Crippen LogP contribution in [0, 0.1) is 16.0 Å². The van der Waals surface area contributed by atoms with Crippen LogP contribution in [-0.2, 0) is 9.53 Å². The average molecular weight is 376 g/mol. The Morgan fingerprint density at radius 3 is 2.74 bits per heavy atom. The molecule has 2 fully saturated rings. The van der Waals surface area contributed by atoms with Crippen LogP contribution in [0.2, 0.25) is 0 Å². The van der Waals surface area contributed by atoms with Gasteiger partial charge in [-0.05, 0) is 37.7 Å². The van der Waals surface area contributed by atoms with Gasteiger partial charge in [-0.2, -0.15) is 0 Å². The lowest BCUT2D eigenvalue weighted by molar-refractivity contribution is -0.384. The van der Waals surface area contributed by atoms with E-state index in [9.17, 15) is 14.9 Å². The van der Waals surface area contributed by atoms with Crippen molar-refractivity contribution in [3.63, 3.8) is 0 Å². The molecule has 8 heteroatoms. The van der Waals surface area contributed by atoms with Gasteiger partial charge in [0.05, 0.1) is 4.92 Å². The highest BCUT2D eigenvalue weighted by molar-refractivity contribution is 5.77. The summed E-state index contributed by atoms with van der Waals surface area (Å²) in [4.78, 5) is 31.7. The number of carbonyl (C=O) groups is 1. The van der Waals surface area contributed by atoms with Gasteiger partial charge in [-0.1, -0.05) is 12.8 Å². The molecule has 0 aliphatic carbocycles. The van der Waals surface area contributed by atoms with Crippen LogP contribution in [0.15, 0.2) is 18.3 Å². The van der Waals surface area contributed by atoms with Crippen molar-refractivity contribution >= 4 is 17.4 Å². The maximum absolute atomic E-state index is 12.5. The first-order chi connectivity index (χ1) is 13.1. The number of aromatic nitrogens is 1. The fourth-order valence-electron chi connectivity index (χ4n) is 4.41. The van der Waals surface area contributed by atoms with E-state index < -0.39 is 0 Å². The molecule has 8 nitrogen and oxygen atoms in total. The number of ether oxygens (including phenoxy) is 1. The van der Waals surface area contributed by atoms with Crippen LogP contribution in [0.3, 0.4) is 0 Å². The van der Waals surface area contributed by atoms with Gasteiger partial charge in [0.25, 0.3) is 0 Å². The van der Waals surface area contributed by atoms with Crippen molar-refractivity contribution in [1.29, 1.82) is 0 Å². The number of hydrogen-bond donors (Lipinski definition) is 0. The van der Waals surface area contributed by atoms with Crippen molar-refractivity contribution in [2.24, 2.45) is 5.92 Å². The first-order valence-electron chi connectivity index (χ1n) is 9.74. The number of hydrogen-bond acceptors (Lipinski definition) is 6. The number of amides is 1. The summed E-state index contributed by atoms with van der Waals surface area (Å²) in [6.45, 7) is 2.39. The minimum Gasteiger partial charge on any atom is -0.375 e. The van der Waals surface area contributed by atoms with E-state index in [0.29, 0.717) is 11.7 Å². The van der Waals surface area contributed by atoms with E-state index in [1.807, 2.05) is 9.80 Å². The van der Waals surface area contributed by atoms with Gasteiger partial charge in [-0.3, -0.25) is 14.9 Å². The highest BCUT2D eigenvalue weighted by Gasteiger charge is 2.35. The maximum atomic E-state index is 12.5. The van der Waals surface area contributed by atoms with E-state index in [-0.39, 0.29) is 29.2 Å². The molecular formula is C19H28N4O4. The molecule has 3 heterocycles. The lowest BCUT2D eigenvalue weighted by Gasteiger charge is -2.40. The zero-order valence-electron chi connectivity index (χ0n) is 15.9. The van der Waals surface area contributed by atoms with Crippen molar-refractivity contribution in [2.45, 2.75) is 44.6 Å². The standard InChI is InChI=1S/C19H28N4O4/c1-27-14-18(24)22-11-4-2-3-6-16(22)15-8-12-21(13-9-15)19-17(23(25)26)7-5-10-20-19/h5,7,10,15-16H,2-4,6,8-9,11-14H2,1H3/t16-/m0/s1. The van der Waals surface area contributed by atoms with Gasteiger partial charge in [-0.15, -0.1) is 0 Å². The Kier molecular flexibility index (Phi) is 6.60. The minimum atomic E-state index is -0.370. The van der Waals surface area contributed by atoms with Crippen LogP contribution < -0.4 is 4.90 Å². The van der Waals surface area contributed by atoms with E-state index in [2.05, 4.69) is 4.98 Å². The van der Waals surface area contributed by atoms with Crippen molar-refractivity contribution in [2.75, 3.05) is 38.3 Å². The summed E-state index contributed by atoms with van der Waals surface area (Å²) in [5.74, 6) is 0.948. The second-order valence-electron chi connectivity index (χ2n) is 7.36. The Morgan fingerprint density at radius 2 is 2.04 bits per heavy atom. The quantitative estimate of drug-likeness (QED) is 0.580. The largest absolute Gasteiger partial charge is 0.375 e. The number of rotatable bonds is 5. The number of methoxy groups -OCH3 is 1. The molecule has 0 N–H and O–H groups in total. The van der Waals surface area contributed by atoms with Crippen molar-refractivity contribution in [3.05, 3.63) is 28.4 Å². The van der Waals surface area contributed by atoms with Crippen LogP contribution in [0.25, 0.3) is 0 Å². The number of nitro groups is 1. The van der Waals surface area contributed by atoms with E-state index >= 15 is 0 Å². The molecule has 3 rings (SSSR count). The molecule has 148 valence electrons. The predicted molar refractivity (Wildman–Crippen MR) is 102 cm³/mol. The Labute approximate surface area is 159 Å². The topological polar surface area (TPSA) is 88.8 Å². The molecule has 2 saturated heterocycles. The van der Waals surface area contributed by atoms with Crippen molar-refractivity contribution in [1.82, 2.24) is 9.88 Å². The van der Waals surface area contributed by atoms with Gasteiger partial charge in [0.1, 0.15) is 6.61 Å². The van der Waals surface area contributed by atoms with E-state index in [0.717, 1.165) is 58.2 Å². The molecule has 1 aromatic rings. The second-order valence-corrected chi connectivity index (χ2v) is 7.36. The van der Waals surface area contributed by atoms with E-state index in [4.69, 9.17) is 4.74 Å². The Balaban J connectivity index is 1.68. The van der Waals surface area contributed by atoms with Gasteiger partial charge >= 0.3 is 5.69 Å². The van der Waals surface area contributed by atoms with Crippen molar-refractivity contribution in [3.8, 4) is 0 Å². The first-order valence-corrected chi connectivity index (χ1v) is 9.74. The number of nitrogens with zero attached hydrogens (tertiary/aromatic N) is 4. The maximum Gasteiger partial charge on any atom is 0.311 e. The lowest BCUT2D eigenvalue weighted by atomic mass is 9.86. The van der Waals surface area contributed by atoms with Crippen LogP contribution in [0.1, 0.15) is 38.5 Å². The summed E-state index contributed by atoms with van der Waals surface area (Å²) < 4.78 is 5.07. The molecule has 0 bridgehead atoms. The van der Waals surface area contributed by atoms with Gasteiger partial charge in [-0.25, -0.2) is 4.98 Å². The summed E-state index contributed by atoms with van der Waals surface area (Å²) in [6.07, 6.45) is 7.81. The Morgan fingerprint density at radius 1 is 1.26 bits per heavy atom. The third kappa shape index (κ3) is 4.55. The number of pyridine rings is 1. The molecule has 0 radical (unpaired) electrons. The predicted octanol–water partition coefficient (Wildman–Crippen LogP) is 2.62. The smallest absolute Gasteiger partial charge is 0.311 e. The summed E-state index contributed by atoms with van der Waals surface area (Å²) in [7, 11) is 1.56. The van der Waals surface area contributed by atoms with Gasteiger partial charge < -0.3 is 14.5 Å². The number of likely N-dealkylation sites (tertiary alicyclic amines) is 1. The van der Waals surface area contributed by atoms with Crippen LogP contribution in [0.4, 0.5) is 11.5 Å². The van der Waals surface area contributed by atoms with Gasteiger partial charge in [0, 0.05) is 45.0 Å². The average Bonchev–Trinajstić information content (AvgIpc) is 2.94. The summed E-state index contributed by atoms with van der Waals surface area (Å²) in [5, 5.41) is 11.3. The van der Waals surface area contributed by atoms with Crippen LogP contribution >= 0.6 is 0 Å². The molecule has 1 amide bonds. The summed E-state index contributed by atoms with van der Waals surface area (Å²) in [6, 6.07) is 3.35. The van der Waals surface area contributed by atoms with Gasteiger partial charge in [0.15, 0.2) is 0 Å². The minimum absolute atomic E-state index is 0.0577. The lowest BCUT2D eigenvalue weighted by Crippen LogP contribution is -2.49. The highest BCUT2D eigenvalue weighted by atomic mass is 16.6. The van der Waals surface area contributed by atoms with E-state index in [1.165, 1.54) is 6.07 Å². The molecule has 1 aromatic heterocycles.